The molecule has 30 heavy (non-hydrogen) atoms. The molecule has 1 saturated heterocycles. The molecule has 2 aromatic rings. The lowest BCUT2D eigenvalue weighted by Crippen LogP contribution is -2.40. The number of anilines is 1. The van der Waals surface area contributed by atoms with Crippen molar-refractivity contribution in [1.82, 2.24) is 10.2 Å². The molecule has 0 bridgehead atoms. The van der Waals surface area contributed by atoms with Crippen LogP contribution in [-0.2, 0) is 9.53 Å². The topological polar surface area (TPSA) is 79.9 Å². The molecule has 7 nitrogen and oxygen atoms in total. The van der Waals surface area contributed by atoms with Crippen molar-refractivity contribution in [3.8, 4) is 5.75 Å². The van der Waals surface area contributed by atoms with Crippen LogP contribution in [0.25, 0.3) is 0 Å². The fourth-order valence-electron chi connectivity index (χ4n) is 2.74. The van der Waals surface area contributed by atoms with Gasteiger partial charge in [-0.15, -0.1) is 0 Å². The van der Waals surface area contributed by atoms with Crippen molar-refractivity contribution in [2.24, 2.45) is 0 Å². The van der Waals surface area contributed by atoms with Crippen LogP contribution >= 0.6 is 35.4 Å². The van der Waals surface area contributed by atoms with Crippen LogP contribution in [0.2, 0.25) is 10.0 Å². The summed E-state index contributed by atoms with van der Waals surface area (Å²) in [6.45, 7) is 1.90. The third kappa shape index (κ3) is 6.30. The third-order valence-corrected chi connectivity index (χ3v) is 4.91. The molecule has 1 aliphatic rings. The molecule has 0 atom stereocenters. The van der Waals surface area contributed by atoms with E-state index in [4.69, 9.17) is 44.9 Å². The second-order valence-corrected chi connectivity index (χ2v) is 7.60. The highest BCUT2D eigenvalue weighted by Crippen LogP contribution is 2.27. The Labute approximate surface area is 189 Å². The second kappa shape index (κ2) is 10.6. The first-order chi connectivity index (χ1) is 14.4. The Morgan fingerprint density at radius 1 is 1.13 bits per heavy atom. The fraction of sp³-hybridized carbons (Fsp3) is 0.250. The van der Waals surface area contributed by atoms with Crippen LogP contribution in [0.5, 0.6) is 5.75 Å². The molecule has 1 aliphatic heterocycles. The van der Waals surface area contributed by atoms with Crippen molar-refractivity contribution >= 4 is 58.0 Å². The van der Waals surface area contributed by atoms with Crippen molar-refractivity contribution in [1.29, 1.82) is 0 Å². The summed E-state index contributed by atoms with van der Waals surface area (Å²) in [6, 6.07) is 11.6. The van der Waals surface area contributed by atoms with Gasteiger partial charge in [-0.05, 0) is 48.6 Å². The normalized spacial score (nSPS) is 13.5. The van der Waals surface area contributed by atoms with Gasteiger partial charge < -0.3 is 19.7 Å². The quantitative estimate of drug-likeness (QED) is 0.656. The van der Waals surface area contributed by atoms with Gasteiger partial charge in [0, 0.05) is 29.4 Å². The van der Waals surface area contributed by atoms with E-state index < -0.39 is 5.91 Å². The van der Waals surface area contributed by atoms with E-state index >= 15 is 0 Å². The summed E-state index contributed by atoms with van der Waals surface area (Å²) >= 11 is 17.0. The van der Waals surface area contributed by atoms with Crippen LogP contribution < -0.4 is 15.4 Å². The van der Waals surface area contributed by atoms with E-state index in [1.165, 1.54) is 6.07 Å². The molecule has 2 N–H and O–H groups in total. The van der Waals surface area contributed by atoms with Gasteiger partial charge in [-0.1, -0.05) is 29.3 Å². The van der Waals surface area contributed by atoms with Gasteiger partial charge in [-0.2, -0.15) is 0 Å². The first kappa shape index (κ1) is 22.3. The maximum Gasteiger partial charge on any atom is 0.264 e. The van der Waals surface area contributed by atoms with E-state index in [-0.39, 0.29) is 17.6 Å². The molecule has 2 amide bonds. The Bertz CT molecular complexity index is 951. The Hall–Kier alpha value is -2.39. The highest BCUT2D eigenvalue weighted by atomic mass is 35.5. The number of nitrogens with one attached hydrogen (secondary N) is 2. The van der Waals surface area contributed by atoms with Gasteiger partial charge in [-0.25, -0.2) is 0 Å². The fourth-order valence-corrected chi connectivity index (χ4v) is 3.43. The summed E-state index contributed by atoms with van der Waals surface area (Å²) in [4.78, 5) is 26.4. The number of hydrogen-bond donors (Lipinski definition) is 2. The second-order valence-electron chi connectivity index (χ2n) is 6.35. The van der Waals surface area contributed by atoms with E-state index in [1.54, 1.807) is 41.3 Å². The maximum absolute atomic E-state index is 12.6. The summed E-state index contributed by atoms with van der Waals surface area (Å²) in [6.07, 6.45) is 0. The van der Waals surface area contributed by atoms with Crippen molar-refractivity contribution in [2.75, 3.05) is 38.2 Å². The minimum absolute atomic E-state index is 0.0786. The molecular weight excluding hydrogens is 449 g/mol. The predicted octanol–water partition coefficient (Wildman–Crippen LogP) is 3.36. The zero-order valence-electron chi connectivity index (χ0n) is 15.8. The van der Waals surface area contributed by atoms with E-state index in [1.807, 2.05) is 0 Å². The zero-order chi connectivity index (χ0) is 21.5. The number of morpholine rings is 1. The zero-order valence-corrected chi connectivity index (χ0v) is 18.1. The molecule has 1 heterocycles. The standard InChI is InChI=1S/C20H19Cl2N3O4S/c21-14-4-5-17(16(22)11-14)29-12-18(26)24-20(30)23-15-3-1-2-13(10-15)19(27)25-6-8-28-9-7-25/h1-5,10-11H,6-9,12H2,(H2,23,24,26,30). The Kier molecular flexibility index (Phi) is 7.87. The lowest BCUT2D eigenvalue weighted by atomic mass is 10.1. The molecule has 10 heteroatoms. The van der Waals surface area contributed by atoms with E-state index in [0.29, 0.717) is 53.3 Å². The number of benzene rings is 2. The van der Waals surface area contributed by atoms with Crippen molar-refractivity contribution in [2.45, 2.75) is 0 Å². The molecule has 3 rings (SSSR count). The number of carbonyl (C=O) groups is 2. The number of amides is 2. The monoisotopic (exact) mass is 467 g/mol. The molecule has 0 radical (unpaired) electrons. The molecule has 0 unspecified atom stereocenters. The Balaban J connectivity index is 1.51. The Morgan fingerprint density at radius 2 is 1.90 bits per heavy atom. The number of nitrogens with zero attached hydrogens (tertiary/aromatic N) is 1. The summed E-state index contributed by atoms with van der Waals surface area (Å²) in [5.74, 6) is -0.200. The number of rotatable bonds is 5. The van der Waals surface area contributed by atoms with Crippen LogP contribution in [0, 0.1) is 0 Å². The van der Waals surface area contributed by atoms with Crippen molar-refractivity contribution in [3.63, 3.8) is 0 Å². The van der Waals surface area contributed by atoms with Crippen LogP contribution in [0.3, 0.4) is 0 Å². The lowest BCUT2D eigenvalue weighted by molar-refractivity contribution is -0.121. The average molecular weight is 468 g/mol. The SMILES string of the molecule is O=C(COc1ccc(Cl)cc1Cl)NC(=S)Nc1cccc(C(=O)N2CCOCC2)c1. The third-order valence-electron chi connectivity index (χ3n) is 4.17. The summed E-state index contributed by atoms with van der Waals surface area (Å²) in [5, 5.41) is 6.27. The predicted molar refractivity (Wildman–Crippen MR) is 119 cm³/mol. The van der Waals surface area contributed by atoms with Gasteiger partial charge in [0.25, 0.3) is 11.8 Å². The first-order valence-corrected chi connectivity index (χ1v) is 10.2. The van der Waals surface area contributed by atoms with Crippen LogP contribution in [0.4, 0.5) is 5.69 Å². The van der Waals surface area contributed by atoms with Gasteiger partial charge in [0.2, 0.25) is 0 Å². The largest absolute Gasteiger partial charge is 0.482 e. The molecule has 0 saturated carbocycles. The number of halogens is 2. The highest BCUT2D eigenvalue weighted by molar-refractivity contribution is 7.80. The first-order valence-electron chi connectivity index (χ1n) is 9.08. The summed E-state index contributed by atoms with van der Waals surface area (Å²) in [7, 11) is 0. The minimum Gasteiger partial charge on any atom is -0.482 e. The number of hydrogen-bond acceptors (Lipinski definition) is 5. The number of ether oxygens (including phenoxy) is 2. The van der Waals surface area contributed by atoms with Gasteiger partial charge in [0.15, 0.2) is 11.7 Å². The van der Waals surface area contributed by atoms with E-state index in [9.17, 15) is 9.59 Å². The van der Waals surface area contributed by atoms with Gasteiger partial charge >= 0.3 is 0 Å². The molecule has 158 valence electrons. The minimum atomic E-state index is -0.459. The maximum atomic E-state index is 12.6. The van der Waals surface area contributed by atoms with Crippen LogP contribution in [0.15, 0.2) is 42.5 Å². The number of carbonyl (C=O) groups excluding carboxylic acids is 2. The smallest absolute Gasteiger partial charge is 0.264 e. The average Bonchev–Trinajstić information content (AvgIpc) is 2.73. The summed E-state index contributed by atoms with van der Waals surface area (Å²) in [5.41, 5.74) is 1.11. The lowest BCUT2D eigenvalue weighted by Gasteiger charge is -2.27. The molecule has 0 spiro atoms. The summed E-state index contributed by atoms with van der Waals surface area (Å²) < 4.78 is 10.6. The van der Waals surface area contributed by atoms with Gasteiger partial charge in [0.05, 0.1) is 18.2 Å². The molecule has 0 aromatic heterocycles. The molecule has 2 aromatic carbocycles. The molecular formula is C20H19Cl2N3O4S. The van der Waals surface area contributed by atoms with E-state index in [2.05, 4.69) is 10.6 Å². The molecule has 1 fully saturated rings. The van der Waals surface area contributed by atoms with Gasteiger partial charge in [0.1, 0.15) is 5.75 Å². The van der Waals surface area contributed by atoms with Crippen molar-refractivity contribution < 1.29 is 19.1 Å². The Morgan fingerprint density at radius 3 is 2.63 bits per heavy atom. The molecule has 0 aliphatic carbocycles. The van der Waals surface area contributed by atoms with E-state index in [0.717, 1.165) is 0 Å². The highest BCUT2D eigenvalue weighted by Gasteiger charge is 2.18. The van der Waals surface area contributed by atoms with Crippen LogP contribution in [-0.4, -0.2) is 54.7 Å². The van der Waals surface area contributed by atoms with Crippen LogP contribution in [0.1, 0.15) is 10.4 Å². The van der Waals surface area contributed by atoms with Crippen molar-refractivity contribution in [3.05, 3.63) is 58.1 Å². The van der Waals surface area contributed by atoms with Gasteiger partial charge in [-0.3, -0.25) is 14.9 Å². The number of thiocarbonyl (C=S) groups is 1.